The highest BCUT2D eigenvalue weighted by Gasteiger charge is 2.23. The number of nitro groups is 1. The van der Waals surface area contributed by atoms with E-state index >= 15 is 0 Å². The van der Waals surface area contributed by atoms with E-state index in [0.717, 1.165) is 11.8 Å². The molecule has 7 heteroatoms. The quantitative estimate of drug-likeness (QED) is 0.651. The molecule has 0 bridgehead atoms. The Balaban J connectivity index is 2.25. The lowest BCUT2D eigenvalue weighted by Crippen LogP contribution is -2.20. The van der Waals surface area contributed by atoms with Gasteiger partial charge < -0.3 is 15.2 Å². The standard InChI is InChI=1S/C12H11N3O4/c16-12(17)10(6-9-4-2-1-3-5-9)14-7-11(13-8-14)15(18)19/h1-5,7-8,10H,6H2,(H,16,17)/t10-/m0/s1. The Bertz CT molecular complexity index is 594. The first kappa shape index (κ1) is 12.7. The normalized spacial score (nSPS) is 12.0. The molecule has 0 aliphatic carbocycles. The van der Waals surface area contributed by atoms with Crippen LogP contribution in [0.25, 0.3) is 0 Å². The molecule has 0 spiro atoms. The van der Waals surface area contributed by atoms with Gasteiger partial charge in [0.1, 0.15) is 12.2 Å². The highest BCUT2D eigenvalue weighted by atomic mass is 16.6. The molecule has 0 unspecified atom stereocenters. The third-order valence-corrected chi connectivity index (χ3v) is 2.69. The first-order valence-electron chi connectivity index (χ1n) is 5.52. The molecule has 0 saturated carbocycles. The second-order valence-electron chi connectivity index (χ2n) is 3.98. The Morgan fingerprint density at radius 3 is 2.63 bits per heavy atom. The Labute approximate surface area is 108 Å². The zero-order valence-electron chi connectivity index (χ0n) is 9.84. The van der Waals surface area contributed by atoms with Crippen LogP contribution in [-0.4, -0.2) is 25.6 Å². The second-order valence-corrected chi connectivity index (χ2v) is 3.98. The van der Waals surface area contributed by atoms with Crippen LogP contribution in [0.1, 0.15) is 11.6 Å². The van der Waals surface area contributed by atoms with Crippen LogP contribution in [-0.2, 0) is 11.2 Å². The molecular weight excluding hydrogens is 250 g/mol. The average molecular weight is 261 g/mol. The Kier molecular flexibility index (Phi) is 3.56. The van der Waals surface area contributed by atoms with E-state index in [1.807, 2.05) is 18.2 Å². The van der Waals surface area contributed by atoms with Crippen LogP contribution in [0.15, 0.2) is 42.9 Å². The van der Waals surface area contributed by atoms with Crippen molar-refractivity contribution in [3.63, 3.8) is 0 Å². The SMILES string of the molecule is O=C(O)[C@H](Cc1ccccc1)n1cnc([N+](=O)[O-])c1. The number of nitrogens with zero attached hydrogens (tertiary/aromatic N) is 3. The number of hydrogen-bond donors (Lipinski definition) is 1. The number of aliphatic carboxylic acids is 1. The van der Waals surface area contributed by atoms with Crippen molar-refractivity contribution in [1.29, 1.82) is 0 Å². The van der Waals surface area contributed by atoms with Gasteiger partial charge in [-0.05, 0) is 15.5 Å². The maximum absolute atomic E-state index is 11.3. The largest absolute Gasteiger partial charge is 0.480 e. The summed E-state index contributed by atoms with van der Waals surface area (Å²) in [5, 5.41) is 19.8. The van der Waals surface area contributed by atoms with Crippen LogP contribution >= 0.6 is 0 Å². The number of carboxylic acid groups (broad SMARTS) is 1. The van der Waals surface area contributed by atoms with Crippen molar-refractivity contribution >= 4 is 11.8 Å². The Morgan fingerprint density at radius 2 is 2.11 bits per heavy atom. The van der Waals surface area contributed by atoms with Gasteiger partial charge in [0.2, 0.25) is 6.33 Å². The van der Waals surface area contributed by atoms with Crippen LogP contribution in [0, 0.1) is 10.1 Å². The molecular formula is C12H11N3O4. The van der Waals surface area contributed by atoms with Crippen molar-refractivity contribution in [1.82, 2.24) is 9.55 Å². The van der Waals surface area contributed by atoms with Crippen LogP contribution in [0.4, 0.5) is 5.82 Å². The molecule has 7 nitrogen and oxygen atoms in total. The molecule has 2 aromatic rings. The summed E-state index contributed by atoms with van der Waals surface area (Å²) < 4.78 is 1.24. The number of benzene rings is 1. The maximum atomic E-state index is 11.3. The molecule has 1 N–H and O–H groups in total. The zero-order valence-corrected chi connectivity index (χ0v) is 9.84. The first-order chi connectivity index (χ1) is 9.08. The molecule has 1 atom stereocenters. The van der Waals surface area contributed by atoms with E-state index in [0.29, 0.717) is 0 Å². The van der Waals surface area contributed by atoms with Gasteiger partial charge in [0, 0.05) is 6.42 Å². The molecule has 19 heavy (non-hydrogen) atoms. The topological polar surface area (TPSA) is 98.3 Å². The second kappa shape index (κ2) is 5.30. The van der Waals surface area contributed by atoms with Crippen LogP contribution in [0.5, 0.6) is 0 Å². The van der Waals surface area contributed by atoms with Gasteiger partial charge in [0.25, 0.3) is 0 Å². The summed E-state index contributed by atoms with van der Waals surface area (Å²) in [6, 6.07) is 8.16. The minimum atomic E-state index is -1.06. The number of aromatic nitrogens is 2. The van der Waals surface area contributed by atoms with Crippen LogP contribution in [0.3, 0.4) is 0 Å². The number of carbonyl (C=O) groups is 1. The third-order valence-electron chi connectivity index (χ3n) is 2.69. The van der Waals surface area contributed by atoms with Gasteiger partial charge in [-0.25, -0.2) is 4.79 Å². The van der Waals surface area contributed by atoms with Gasteiger partial charge >= 0.3 is 11.8 Å². The van der Waals surface area contributed by atoms with E-state index in [2.05, 4.69) is 4.98 Å². The van der Waals surface area contributed by atoms with E-state index < -0.39 is 16.9 Å². The highest BCUT2D eigenvalue weighted by molar-refractivity contribution is 5.72. The molecule has 1 aromatic carbocycles. The maximum Gasteiger partial charge on any atom is 0.381 e. The van der Waals surface area contributed by atoms with Crippen LogP contribution < -0.4 is 0 Å². The average Bonchev–Trinajstić information content (AvgIpc) is 2.86. The summed E-state index contributed by atoms with van der Waals surface area (Å²) in [5.74, 6) is -1.42. The van der Waals surface area contributed by atoms with Crippen molar-refractivity contribution in [3.8, 4) is 0 Å². The summed E-state index contributed by atoms with van der Waals surface area (Å²) in [5.41, 5.74) is 0.839. The van der Waals surface area contributed by atoms with Crippen LogP contribution in [0.2, 0.25) is 0 Å². The van der Waals surface area contributed by atoms with E-state index in [1.165, 1.54) is 10.9 Å². The molecule has 1 aromatic heterocycles. The lowest BCUT2D eigenvalue weighted by molar-refractivity contribution is -0.389. The minimum Gasteiger partial charge on any atom is -0.480 e. The first-order valence-corrected chi connectivity index (χ1v) is 5.52. The van der Waals surface area contributed by atoms with Crippen molar-refractivity contribution in [3.05, 3.63) is 58.5 Å². The monoisotopic (exact) mass is 261 g/mol. The fourth-order valence-electron chi connectivity index (χ4n) is 1.75. The predicted molar refractivity (Wildman–Crippen MR) is 65.7 cm³/mol. The molecule has 0 saturated heterocycles. The summed E-state index contributed by atoms with van der Waals surface area (Å²) in [7, 11) is 0. The predicted octanol–water partition coefficient (Wildman–Crippen LogP) is 1.66. The summed E-state index contributed by atoms with van der Waals surface area (Å²) in [6.07, 6.45) is 2.53. The molecule has 0 amide bonds. The van der Waals surface area contributed by atoms with Gasteiger partial charge in [-0.1, -0.05) is 30.3 Å². The van der Waals surface area contributed by atoms with Crippen molar-refractivity contribution in [2.45, 2.75) is 12.5 Å². The summed E-state index contributed by atoms with van der Waals surface area (Å²) in [4.78, 5) is 24.7. The number of rotatable bonds is 5. The Morgan fingerprint density at radius 1 is 1.42 bits per heavy atom. The van der Waals surface area contributed by atoms with Gasteiger partial charge in [-0.3, -0.25) is 4.57 Å². The minimum absolute atomic E-state index is 0.240. The summed E-state index contributed by atoms with van der Waals surface area (Å²) in [6.45, 7) is 0. The smallest absolute Gasteiger partial charge is 0.381 e. The Hall–Kier alpha value is -2.70. The third kappa shape index (κ3) is 2.95. The van der Waals surface area contributed by atoms with Crippen molar-refractivity contribution in [2.75, 3.05) is 0 Å². The van der Waals surface area contributed by atoms with Crippen molar-refractivity contribution in [2.24, 2.45) is 0 Å². The van der Waals surface area contributed by atoms with Gasteiger partial charge in [-0.15, -0.1) is 0 Å². The fraction of sp³-hybridized carbons (Fsp3) is 0.167. The molecule has 0 fully saturated rings. The van der Waals surface area contributed by atoms with E-state index in [1.54, 1.807) is 12.1 Å². The zero-order chi connectivity index (χ0) is 13.8. The van der Waals surface area contributed by atoms with Gasteiger partial charge in [0.05, 0.1) is 0 Å². The molecule has 2 rings (SSSR count). The summed E-state index contributed by atoms with van der Waals surface area (Å²) >= 11 is 0. The van der Waals surface area contributed by atoms with Gasteiger partial charge in [0.15, 0.2) is 0 Å². The molecule has 0 radical (unpaired) electrons. The lowest BCUT2D eigenvalue weighted by Gasteiger charge is -2.12. The van der Waals surface area contributed by atoms with Gasteiger partial charge in [-0.2, -0.15) is 0 Å². The molecule has 0 aliphatic rings. The van der Waals surface area contributed by atoms with E-state index in [9.17, 15) is 20.0 Å². The number of hydrogen-bond acceptors (Lipinski definition) is 4. The molecule has 1 heterocycles. The molecule has 98 valence electrons. The van der Waals surface area contributed by atoms with E-state index in [-0.39, 0.29) is 12.2 Å². The lowest BCUT2D eigenvalue weighted by atomic mass is 10.1. The fourth-order valence-corrected chi connectivity index (χ4v) is 1.75. The molecule has 0 aliphatic heterocycles. The van der Waals surface area contributed by atoms with E-state index in [4.69, 9.17) is 0 Å². The highest BCUT2D eigenvalue weighted by Crippen LogP contribution is 2.17. The van der Waals surface area contributed by atoms with Crippen molar-refractivity contribution < 1.29 is 14.8 Å². The number of imidazole rings is 1. The number of carboxylic acids is 1.